The van der Waals surface area contributed by atoms with Gasteiger partial charge in [-0.25, -0.2) is 5.48 Å². The van der Waals surface area contributed by atoms with Crippen molar-refractivity contribution in [1.29, 1.82) is 0 Å². The molecule has 1 aliphatic carbocycles. The smallest absolute Gasteiger partial charge is 0.274 e. The summed E-state index contributed by atoms with van der Waals surface area (Å²) < 4.78 is 5.92. The first-order chi connectivity index (χ1) is 13.0. The lowest BCUT2D eigenvalue weighted by molar-refractivity contribution is -0.149. The number of rotatable bonds is 5. The van der Waals surface area contributed by atoms with E-state index in [1.807, 2.05) is 22.7 Å². The Morgan fingerprint density at radius 2 is 2.15 bits per heavy atom. The van der Waals surface area contributed by atoms with Gasteiger partial charge in [0.2, 0.25) is 5.91 Å². The molecule has 2 fully saturated rings. The van der Waals surface area contributed by atoms with Crippen LogP contribution in [0.4, 0.5) is 0 Å². The lowest BCUT2D eigenvalue weighted by Crippen LogP contribution is -2.48. The molecule has 2 aliphatic heterocycles. The molecule has 2 heterocycles. The maximum atomic E-state index is 13.3. The van der Waals surface area contributed by atoms with Gasteiger partial charge in [0.15, 0.2) is 0 Å². The van der Waals surface area contributed by atoms with Crippen molar-refractivity contribution in [3.05, 3.63) is 29.3 Å². The van der Waals surface area contributed by atoms with Gasteiger partial charge in [0.1, 0.15) is 12.4 Å². The molecule has 0 radical (unpaired) electrons. The fraction of sp³-hybridized carbons (Fsp3) is 0.600. The van der Waals surface area contributed by atoms with E-state index in [-0.39, 0.29) is 17.4 Å². The SMILES string of the molecule is CC1(C(=O)N2CCOc3cc(C(=O)NO)ccc3C2CCC2CS2)CCC1. The Balaban J connectivity index is 1.65. The lowest BCUT2D eigenvalue weighted by Gasteiger charge is -2.43. The molecule has 27 heavy (non-hydrogen) atoms. The molecular formula is C20H26N2O4S. The number of carbonyl (C=O) groups excluding carboxylic acids is 2. The van der Waals surface area contributed by atoms with Gasteiger partial charge in [0, 0.05) is 27.5 Å². The summed E-state index contributed by atoms with van der Waals surface area (Å²) in [6.07, 6.45) is 5.01. The zero-order valence-corrected chi connectivity index (χ0v) is 16.4. The second kappa shape index (κ2) is 7.36. The molecule has 0 aromatic heterocycles. The summed E-state index contributed by atoms with van der Waals surface area (Å²) in [5, 5.41) is 9.60. The van der Waals surface area contributed by atoms with Gasteiger partial charge in [-0.15, -0.1) is 0 Å². The third-order valence-corrected chi connectivity index (χ3v) is 7.14. The molecule has 146 valence electrons. The standard InChI is InChI=1S/C20H26N2O4S/c1-20(7-2-8-20)19(24)22-9-10-26-17-11-13(18(23)21-25)3-5-15(17)16(22)6-4-14-12-27-14/h3,5,11,14,16,25H,2,4,6-10,12H2,1H3,(H,21,23). The zero-order valence-electron chi connectivity index (χ0n) is 15.6. The van der Waals surface area contributed by atoms with Gasteiger partial charge in [-0.05, 0) is 37.8 Å². The summed E-state index contributed by atoms with van der Waals surface area (Å²) in [6, 6.07) is 5.20. The highest BCUT2D eigenvalue weighted by atomic mass is 32.2. The molecule has 2 atom stereocenters. The van der Waals surface area contributed by atoms with Crippen molar-refractivity contribution >= 4 is 23.6 Å². The quantitative estimate of drug-likeness (QED) is 0.459. The predicted octanol–water partition coefficient (Wildman–Crippen LogP) is 3.15. The largest absolute Gasteiger partial charge is 0.491 e. The zero-order chi connectivity index (χ0) is 19.0. The number of fused-ring (bicyclic) bond motifs is 1. The highest BCUT2D eigenvalue weighted by Gasteiger charge is 2.44. The topological polar surface area (TPSA) is 78.9 Å². The van der Waals surface area contributed by atoms with E-state index in [1.54, 1.807) is 17.6 Å². The lowest BCUT2D eigenvalue weighted by atomic mass is 9.69. The summed E-state index contributed by atoms with van der Waals surface area (Å²) in [5.41, 5.74) is 2.73. The number of nitrogens with one attached hydrogen (secondary N) is 1. The van der Waals surface area contributed by atoms with E-state index >= 15 is 0 Å². The van der Waals surface area contributed by atoms with Crippen LogP contribution in [-0.2, 0) is 4.79 Å². The summed E-state index contributed by atoms with van der Waals surface area (Å²) in [4.78, 5) is 27.1. The van der Waals surface area contributed by atoms with Crippen molar-refractivity contribution in [2.75, 3.05) is 18.9 Å². The van der Waals surface area contributed by atoms with E-state index in [0.717, 1.165) is 37.7 Å². The van der Waals surface area contributed by atoms with Crippen molar-refractivity contribution in [3.8, 4) is 5.75 Å². The number of ether oxygens (including phenoxy) is 1. The first kappa shape index (κ1) is 18.6. The second-order valence-electron chi connectivity index (χ2n) is 8.00. The van der Waals surface area contributed by atoms with Crippen LogP contribution >= 0.6 is 11.8 Å². The van der Waals surface area contributed by atoms with Gasteiger partial charge in [-0.3, -0.25) is 14.8 Å². The number of amides is 2. The average Bonchev–Trinajstić information content (AvgIpc) is 3.49. The summed E-state index contributed by atoms with van der Waals surface area (Å²) >= 11 is 1.97. The fourth-order valence-electron chi connectivity index (χ4n) is 4.12. The predicted molar refractivity (Wildman–Crippen MR) is 103 cm³/mol. The van der Waals surface area contributed by atoms with Crippen LogP contribution in [0.5, 0.6) is 5.75 Å². The number of hydroxylamine groups is 1. The Kier molecular flexibility index (Phi) is 5.07. The number of carbonyl (C=O) groups is 2. The molecule has 2 amide bonds. The van der Waals surface area contributed by atoms with Crippen LogP contribution in [0.15, 0.2) is 18.2 Å². The number of thioether (sulfide) groups is 1. The molecule has 6 nitrogen and oxygen atoms in total. The van der Waals surface area contributed by atoms with Crippen LogP contribution in [0, 0.1) is 5.41 Å². The van der Waals surface area contributed by atoms with Crippen molar-refractivity contribution in [2.24, 2.45) is 5.41 Å². The van der Waals surface area contributed by atoms with E-state index < -0.39 is 5.91 Å². The molecule has 4 rings (SSSR count). The highest BCUT2D eigenvalue weighted by Crippen LogP contribution is 2.46. The maximum absolute atomic E-state index is 13.3. The van der Waals surface area contributed by atoms with Crippen LogP contribution in [0.3, 0.4) is 0 Å². The minimum atomic E-state index is -0.563. The van der Waals surface area contributed by atoms with Gasteiger partial charge in [-0.2, -0.15) is 11.8 Å². The summed E-state index contributed by atoms with van der Waals surface area (Å²) in [7, 11) is 0. The van der Waals surface area contributed by atoms with Crippen molar-refractivity contribution in [3.63, 3.8) is 0 Å². The third-order valence-electron chi connectivity index (χ3n) is 6.10. The number of benzene rings is 1. The van der Waals surface area contributed by atoms with E-state index in [4.69, 9.17) is 9.94 Å². The Bertz CT molecular complexity index is 745. The number of hydrogen-bond acceptors (Lipinski definition) is 5. The molecule has 2 unspecified atom stereocenters. The Labute approximate surface area is 163 Å². The summed E-state index contributed by atoms with van der Waals surface area (Å²) in [6.45, 7) is 3.05. The second-order valence-corrected chi connectivity index (χ2v) is 9.34. The first-order valence-corrected chi connectivity index (χ1v) is 10.7. The van der Waals surface area contributed by atoms with Crippen LogP contribution in [-0.4, -0.2) is 46.1 Å². The van der Waals surface area contributed by atoms with Gasteiger partial charge in [0.25, 0.3) is 5.91 Å². The summed E-state index contributed by atoms with van der Waals surface area (Å²) in [5.74, 6) is 1.51. The number of hydrogen-bond donors (Lipinski definition) is 2. The molecule has 0 bridgehead atoms. The maximum Gasteiger partial charge on any atom is 0.274 e. The van der Waals surface area contributed by atoms with Crippen LogP contribution < -0.4 is 10.2 Å². The molecule has 1 saturated heterocycles. The molecular weight excluding hydrogens is 364 g/mol. The van der Waals surface area contributed by atoms with Crippen molar-refractivity contribution in [2.45, 2.75) is 50.3 Å². The van der Waals surface area contributed by atoms with Crippen LogP contribution in [0.1, 0.15) is 61.0 Å². The van der Waals surface area contributed by atoms with E-state index in [1.165, 1.54) is 5.75 Å². The number of nitrogens with zero attached hydrogens (tertiary/aromatic N) is 1. The van der Waals surface area contributed by atoms with Crippen molar-refractivity contribution < 1.29 is 19.5 Å². The molecule has 1 saturated carbocycles. The minimum Gasteiger partial charge on any atom is -0.491 e. The molecule has 0 spiro atoms. The average molecular weight is 391 g/mol. The Hall–Kier alpha value is -1.73. The van der Waals surface area contributed by atoms with E-state index in [9.17, 15) is 9.59 Å². The molecule has 7 heteroatoms. The van der Waals surface area contributed by atoms with Crippen LogP contribution in [0.2, 0.25) is 0 Å². The first-order valence-electron chi connectivity index (χ1n) is 9.66. The molecule has 1 aromatic carbocycles. The van der Waals surface area contributed by atoms with Crippen molar-refractivity contribution in [1.82, 2.24) is 10.4 Å². The van der Waals surface area contributed by atoms with Gasteiger partial charge >= 0.3 is 0 Å². The normalized spacial score (nSPS) is 25.5. The Morgan fingerprint density at radius 1 is 1.37 bits per heavy atom. The molecule has 3 aliphatic rings. The Morgan fingerprint density at radius 3 is 2.78 bits per heavy atom. The monoisotopic (exact) mass is 390 g/mol. The molecule has 1 aromatic rings. The van der Waals surface area contributed by atoms with Crippen LogP contribution in [0.25, 0.3) is 0 Å². The highest BCUT2D eigenvalue weighted by molar-refractivity contribution is 8.06. The minimum absolute atomic E-state index is 0.0279. The molecule has 2 N–H and O–H groups in total. The van der Waals surface area contributed by atoms with E-state index in [0.29, 0.717) is 29.7 Å². The third kappa shape index (κ3) is 3.67. The van der Waals surface area contributed by atoms with E-state index in [2.05, 4.69) is 6.92 Å². The van der Waals surface area contributed by atoms with Gasteiger partial charge in [-0.1, -0.05) is 19.4 Å². The van der Waals surface area contributed by atoms with Gasteiger partial charge in [0.05, 0.1) is 12.6 Å². The van der Waals surface area contributed by atoms with Gasteiger partial charge < -0.3 is 9.64 Å². The fourth-order valence-corrected chi connectivity index (χ4v) is 4.72.